The summed E-state index contributed by atoms with van der Waals surface area (Å²) < 4.78 is 10.2. The van der Waals surface area contributed by atoms with Crippen LogP contribution in [0.4, 0.5) is 4.79 Å². The number of carbonyl (C=O) groups excluding carboxylic acids is 4. The third-order valence-electron chi connectivity index (χ3n) is 5.49. The van der Waals surface area contributed by atoms with E-state index in [9.17, 15) is 19.2 Å². The molecule has 0 aromatic heterocycles. The van der Waals surface area contributed by atoms with Crippen LogP contribution in [0, 0.1) is 0 Å². The van der Waals surface area contributed by atoms with Gasteiger partial charge in [0.1, 0.15) is 12.3 Å². The minimum Gasteiger partial charge on any atom is -0.482 e. The van der Waals surface area contributed by atoms with Gasteiger partial charge in [-0.05, 0) is 60.0 Å². The Balaban J connectivity index is 1.36. The summed E-state index contributed by atoms with van der Waals surface area (Å²) in [6.45, 7) is 2.58. The van der Waals surface area contributed by atoms with Crippen LogP contribution in [0.15, 0.2) is 53.4 Å². The standard InChI is InChI=1S/C25H24N2O6S/c1-2-32-23(29)16-33-20-9-7-17(8-10-20)13-21-24(30)27(25(31)34-21)15-22(28)26-12-11-18-5-3-4-6-19(18)14-26/h3-10,13H,2,11-12,14-16H2,1H3/b21-13-. The number of benzene rings is 2. The van der Waals surface area contributed by atoms with Crippen molar-refractivity contribution >= 4 is 40.9 Å². The molecule has 0 N–H and O–H groups in total. The molecule has 0 bridgehead atoms. The highest BCUT2D eigenvalue weighted by molar-refractivity contribution is 8.18. The maximum atomic E-state index is 12.8. The number of carbonyl (C=O) groups is 4. The van der Waals surface area contributed by atoms with E-state index in [1.165, 1.54) is 5.56 Å². The Bertz CT molecular complexity index is 1140. The summed E-state index contributed by atoms with van der Waals surface area (Å²) in [5, 5.41) is -0.462. The molecule has 2 aliphatic rings. The van der Waals surface area contributed by atoms with Gasteiger partial charge in [-0.15, -0.1) is 0 Å². The molecule has 3 amide bonds. The molecule has 9 heteroatoms. The van der Waals surface area contributed by atoms with Crippen LogP contribution in [-0.2, 0) is 32.1 Å². The van der Waals surface area contributed by atoms with Crippen molar-refractivity contribution < 1.29 is 28.7 Å². The SMILES string of the molecule is CCOC(=O)COc1ccc(/C=C2\SC(=O)N(CC(=O)N3CCc4ccccc4C3)C2=O)cc1. The Morgan fingerprint density at radius 3 is 2.53 bits per heavy atom. The minimum absolute atomic E-state index is 0.192. The number of fused-ring (bicyclic) bond motifs is 1. The molecule has 0 saturated carbocycles. The van der Waals surface area contributed by atoms with Crippen molar-refractivity contribution in [3.05, 3.63) is 70.1 Å². The lowest BCUT2D eigenvalue weighted by molar-refractivity contribution is -0.145. The van der Waals surface area contributed by atoms with E-state index in [1.807, 2.05) is 18.2 Å². The van der Waals surface area contributed by atoms with Gasteiger partial charge in [-0.1, -0.05) is 36.4 Å². The van der Waals surface area contributed by atoms with Crippen molar-refractivity contribution in [3.63, 3.8) is 0 Å². The summed E-state index contributed by atoms with van der Waals surface area (Å²) in [6, 6.07) is 14.7. The largest absolute Gasteiger partial charge is 0.482 e. The van der Waals surface area contributed by atoms with E-state index in [1.54, 1.807) is 42.2 Å². The summed E-state index contributed by atoms with van der Waals surface area (Å²) >= 11 is 0.813. The smallest absolute Gasteiger partial charge is 0.344 e. The first-order chi connectivity index (χ1) is 16.4. The van der Waals surface area contributed by atoms with Crippen molar-refractivity contribution in [1.29, 1.82) is 0 Å². The highest BCUT2D eigenvalue weighted by Crippen LogP contribution is 2.32. The number of amides is 3. The molecule has 8 nitrogen and oxygen atoms in total. The predicted molar refractivity (Wildman–Crippen MR) is 127 cm³/mol. The van der Waals surface area contributed by atoms with E-state index in [0.717, 1.165) is 28.6 Å². The number of rotatable bonds is 7. The molecule has 2 heterocycles. The average molecular weight is 481 g/mol. The number of esters is 1. The number of nitrogens with zero attached hydrogens (tertiary/aromatic N) is 2. The second kappa shape index (κ2) is 10.6. The normalized spacial score (nSPS) is 16.6. The highest BCUT2D eigenvalue weighted by Gasteiger charge is 2.37. The van der Waals surface area contributed by atoms with Crippen molar-refractivity contribution in [2.75, 3.05) is 26.3 Å². The predicted octanol–water partition coefficient (Wildman–Crippen LogP) is 3.25. The second-order valence-electron chi connectivity index (χ2n) is 7.76. The first-order valence-corrected chi connectivity index (χ1v) is 11.7. The van der Waals surface area contributed by atoms with Crippen molar-refractivity contribution in [1.82, 2.24) is 9.80 Å². The van der Waals surface area contributed by atoms with Gasteiger partial charge in [0, 0.05) is 13.1 Å². The zero-order valence-electron chi connectivity index (χ0n) is 18.7. The summed E-state index contributed by atoms with van der Waals surface area (Å²) in [7, 11) is 0. The molecule has 2 aromatic carbocycles. The minimum atomic E-state index is -0.483. The van der Waals surface area contributed by atoms with Gasteiger partial charge in [0.2, 0.25) is 5.91 Å². The van der Waals surface area contributed by atoms with Crippen LogP contribution < -0.4 is 4.74 Å². The van der Waals surface area contributed by atoms with E-state index in [-0.39, 0.29) is 30.6 Å². The molecule has 2 aliphatic heterocycles. The van der Waals surface area contributed by atoms with E-state index in [0.29, 0.717) is 24.4 Å². The summed E-state index contributed by atoms with van der Waals surface area (Å²) in [6.07, 6.45) is 2.35. The van der Waals surface area contributed by atoms with Gasteiger partial charge in [-0.2, -0.15) is 0 Å². The van der Waals surface area contributed by atoms with Gasteiger partial charge >= 0.3 is 5.97 Å². The Kier molecular flexibility index (Phi) is 7.32. The van der Waals surface area contributed by atoms with E-state index < -0.39 is 17.1 Å². The molecule has 34 heavy (non-hydrogen) atoms. The van der Waals surface area contributed by atoms with E-state index in [2.05, 4.69) is 6.07 Å². The van der Waals surface area contributed by atoms with Gasteiger partial charge in [-0.3, -0.25) is 19.3 Å². The van der Waals surface area contributed by atoms with Crippen molar-refractivity contribution in [2.45, 2.75) is 19.9 Å². The molecule has 176 valence electrons. The molecule has 0 radical (unpaired) electrons. The Hall–Kier alpha value is -3.59. The summed E-state index contributed by atoms with van der Waals surface area (Å²) in [5.74, 6) is -0.708. The summed E-state index contributed by atoms with van der Waals surface area (Å²) in [4.78, 5) is 52.4. The van der Waals surface area contributed by atoms with Crippen LogP contribution in [0.2, 0.25) is 0 Å². The van der Waals surface area contributed by atoms with Gasteiger partial charge in [-0.25, -0.2) is 4.79 Å². The molecule has 2 aromatic rings. The van der Waals surface area contributed by atoms with Crippen LogP contribution in [-0.4, -0.2) is 59.1 Å². The van der Waals surface area contributed by atoms with Crippen molar-refractivity contribution in [3.8, 4) is 5.75 Å². The first-order valence-electron chi connectivity index (χ1n) is 10.9. The molecular formula is C25H24N2O6S. The maximum Gasteiger partial charge on any atom is 0.344 e. The fourth-order valence-electron chi connectivity index (χ4n) is 3.74. The fraction of sp³-hybridized carbons (Fsp3) is 0.280. The first kappa shape index (κ1) is 23.6. The van der Waals surface area contributed by atoms with E-state index in [4.69, 9.17) is 9.47 Å². The molecular weight excluding hydrogens is 456 g/mol. The molecule has 4 rings (SSSR count). The lowest BCUT2D eigenvalue weighted by Gasteiger charge is -2.29. The quantitative estimate of drug-likeness (QED) is 0.444. The van der Waals surface area contributed by atoms with Crippen LogP contribution >= 0.6 is 11.8 Å². The zero-order chi connectivity index (χ0) is 24.1. The van der Waals surface area contributed by atoms with Crippen LogP contribution in [0.3, 0.4) is 0 Å². The third-order valence-corrected chi connectivity index (χ3v) is 6.40. The topological polar surface area (TPSA) is 93.2 Å². The average Bonchev–Trinajstić information content (AvgIpc) is 3.10. The van der Waals surface area contributed by atoms with Gasteiger partial charge in [0.05, 0.1) is 11.5 Å². The Morgan fingerprint density at radius 1 is 1.06 bits per heavy atom. The number of hydrogen-bond donors (Lipinski definition) is 0. The third kappa shape index (κ3) is 5.48. The number of hydrogen-bond acceptors (Lipinski definition) is 7. The number of ether oxygens (including phenoxy) is 2. The fourth-order valence-corrected chi connectivity index (χ4v) is 4.58. The zero-order valence-corrected chi connectivity index (χ0v) is 19.5. The maximum absolute atomic E-state index is 12.8. The van der Waals surface area contributed by atoms with Gasteiger partial charge in [0.15, 0.2) is 6.61 Å². The number of thioether (sulfide) groups is 1. The lowest BCUT2D eigenvalue weighted by Crippen LogP contribution is -2.44. The van der Waals surface area contributed by atoms with Crippen LogP contribution in [0.1, 0.15) is 23.6 Å². The second-order valence-corrected chi connectivity index (χ2v) is 8.76. The monoisotopic (exact) mass is 480 g/mol. The van der Waals surface area contributed by atoms with Crippen LogP contribution in [0.25, 0.3) is 6.08 Å². The molecule has 1 saturated heterocycles. The highest BCUT2D eigenvalue weighted by atomic mass is 32.2. The summed E-state index contributed by atoms with van der Waals surface area (Å²) in [5.41, 5.74) is 3.00. The molecule has 1 fully saturated rings. The van der Waals surface area contributed by atoms with Gasteiger partial charge < -0.3 is 14.4 Å². The molecule has 0 atom stereocenters. The lowest BCUT2D eigenvalue weighted by atomic mass is 10.00. The van der Waals surface area contributed by atoms with E-state index >= 15 is 0 Å². The Morgan fingerprint density at radius 2 is 1.79 bits per heavy atom. The van der Waals surface area contributed by atoms with Crippen LogP contribution in [0.5, 0.6) is 5.75 Å². The Labute approximate surface area is 201 Å². The molecule has 0 aliphatic carbocycles. The van der Waals surface area contributed by atoms with Crippen molar-refractivity contribution in [2.24, 2.45) is 0 Å². The molecule has 0 spiro atoms. The van der Waals surface area contributed by atoms with Gasteiger partial charge in [0.25, 0.3) is 11.1 Å². The number of imide groups is 1. The molecule has 0 unspecified atom stereocenters.